The van der Waals surface area contributed by atoms with Gasteiger partial charge >= 0.3 is 0 Å². The van der Waals surface area contributed by atoms with Crippen molar-refractivity contribution in [3.63, 3.8) is 0 Å². The van der Waals surface area contributed by atoms with Crippen molar-refractivity contribution in [2.45, 2.75) is 25.8 Å². The van der Waals surface area contributed by atoms with Crippen LogP contribution in [0.15, 0.2) is 18.3 Å². The molecule has 0 radical (unpaired) electrons. The van der Waals surface area contributed by atoms with Gasteiger partial charge in [-0.1, -0.05) is 6.92 Å². The molecule has 0 aromatic carbocycles. The maximum absolute atomic E-state index is 5.13. The molecule has 0 spiro atoms. The van der Waals surface area contributed by atoms with Crippen molar-refractivity contribution in [3.05, 3.63) is 18.3 Å². The number of pyridine rings is 1. The van der Waals surface area contributed by atoms with E-state index in [9.17, 15) is 0 Å². The first-order chi connectivity index (χ1) is 8.35. The van der Waals surface area contributed by atoms with Crippen LogP contribution in [0.25, 0.3) is 0 Å². The highest BCUT2D eigenvalue weighted by Gasteiger charge is 2.24. The Morgan fingerprint density at radius 1 is 1.53 bits per heavy atom. The predicted octanol–water partition coefficient (Wildman–Crippen LogP) is 1.67. The van der Waals surface area contributed by atoms with Crippen LogP contribution in [0.2, 0.25) is 0 Å². The monoisotopic (exact) mass is 235 g/mol. The second-order valence-corrected chi connectivity index (χ2v) is 4.35. The van der Waals surface area contributed by atoms with Gasteiger partial charge in [0.2, 0.25) is 0 Å². The van der Waals surface area contributed by atoms with Gasteiger partial charge < -0.3 is 15.0 Å². The van der Waals surface area contributed by atoms with Gasteiger partial charge in [0, 0.05) is 19.1 Å². The van der Waals surface area contributed by atoms with Gasteiger partial charge in [-0.2, -0.15) is 0 Å². The van der Waals surface area contributed by atoms with Crippen LogP contribution >= 0.6 is 0 Å². The topological polar surface area (TPSA) is 37.4 Å². The van der Waals surface area contributed by atoms with Crippen LogP contribution in [0.4, 0.5) is 5.82 Å². The first kappa shape index (κ1) is 12.2. The molecule has 17 heavy (non-hydrogen) atoms. The smallest absolute Gasteiger partial charge is 0.137 e. The van der Waals surface area contributed by atoms with Crippen LogP contribution in [-0.4, -0.2) is 37.8 Å². The highest BCUT2D eigenvalue weighted by Crippen LogP contribution is 2.24. The van der Waals surface area contributed by atoms with Gasteiger partial charge in [0.15, 0.2) is 0 Å². The van der Waals surface area contributed by atoms with Crippen LogP contribution in [0.1, 0.15) is 19.8 Å². The third-order valence-corrected chi connectivity index (χ3v) is 3.26. The molecule has 1 saturated heterocycles. The maximum Gasteiger partial charge on any atom is 0.137 e. The summed E-state index contributed by atoms with van der Waals surface area (Å²) >= 11 is 0. The minimum Gasteiger partial charge on any atom is -0.495 e. The lowest BCUT2D eigenvalue weighted by Crippen LogP contribution is -2.38. The fraction of sp³-hybridized carbons (Fsp3) is 0.615. The summed E-state index contributed by atoms with van der Waals surface area (Å²) in [6, 6.07) is 4.60. The number of anilines is 1. The zero-order valence-corrected chi connectivity index (χ0v) is 10.6. The van der Waals surface area contributed by atoms with E-state index in [1.807, 2.05) is 12.1 Å². The molecule has 1 atom stereocenters. The van der Waals surface area contributed by atoms with Gasteiger partial charge in [-0.15, -0.1) is 0 Å². The first-order valence-corrected chi connectivity index (χ1v) is 6.32. The van der Waals surface area contributed by atoms with Crippen molar-refractivity contribution in [3.8, 4) is 5.75 Å². The number of nitrogens with zero attached hydrogens (tertiary/aromatic N) is 2. The number of aromatic nitrogens is 1. The summed E-state index contributed by atoms with van der Waals surface area (Å²) in [6.07, 6.45) is 4.29. The quantitative estimate of drug-likeness (QED) is 0.842. The third kappa shape index (κ3) is 2.88. The Balaban J connectivity index is 2.03. The minimum atomic E-state index is 0.579. The molecule has 4 nitrogen and oxygen atoms in total. The Kier molecular flexibility index (Phi) is 4.20. The van der Waals surface area contributed by atoms with Crippen molar-refractivity contribution in [2.24, 2.45) is 0 Å². The van der Waals surface area contributed by atoms with E-state index in [2.05, 4.69) is 22.1 Å². The number of methoxy groups -OCH3 is 1. The fourth-order valence-electron chi connectivity index (χ4n) is 2.32. The Morgan fingerprint density at radius 3 is 3.06 bits per heavy atom. The molecule has 1 unspecified atom stereocenters. The van der Waals surface area contributed by atoms with E-state index in [0.717, 1.165) is 31.2 Å². The lowest BCUT2D eigenvalue weighted by molar-refractivity contribution is 0.413. The van der Waals surface area contributed by atoms with E-state index in [1.165, 1.54) is 12.8 Å². The molecule has 1 N–H and O–H groups in total. The van der Waals surface area contributed by atoms with E-state index in [4.69, 9.17) is 4.74 Å². The normalized spacial score (nSPS) is 19.6. The van der Waals surface area contributed by atoms with Crippen LogP contribution < -0.4 is 15.0 Å². The van der Waals surface area contributed by atoms with Crippen molar-refractivity contribution < 1.29 is 4.74 Å². The molecule has 94 valence electrons. The van der Waals surface area contributed by atoms with E-state index >= 15 is 0 Å². The highest BCUT2D eigenvalue weighted by molar-refractivity contribution is 5.43. The standard InChI is InChI=1S/C13H21N3O/c1-3-14-9-11-5-4-8-16(11)13-7-6-12(17-2)10-15-13/h6-7,10-11,14H,3-5,8-9H2,1-2H3. The molecular formula is C13H21N3O. The number of rotatable bonds is 5. The lowest BCUT2D eigenvalue weighted by Gasteiger charge is -2.25. The molecule has 1 aromatic rings. The molecule has 4 heteroatoms. The lowest BCUT2D eigenvalue weighted by atomic mass is 10.2. The van der Waals surface area contributed by atoms with E-state index in [1.54, 1.807) is 13.3 Å². The summed E-state index contributed by atoms with van der Waals surface area (Å²) in [5.41, 5.74) is 0. The van der Waals surface area contributed by atoms with Gasteiger partial charge in [0.25, 0.3) is 0 Å². The Bertz CT molecular complexity index is 339. The zero-order valence-electron chi connectivity index (χ0n) is 10.6. The molecule has 0 amide bonds. The van der Waals surface area contributed by atoms with Gasteiger partial charge in [-0.3, -0.25) is 0 Å². The maximum atomic E-state index is 5.13. The van der Waals surface area contributed by atoms with Crippen LogP contribution in [0.3, 0.4) is 0 Å². The molecule has 1 aliphatic heterocycles. The van der Waals surface area contributed by atoms with Crippen LogP contribution in [0.5, 0.6) is 5.75 Å². The van der Waals surface area contributed by atoms with Crippen molar-refractivity contribution >= 4 is 5.82 Å². The average Bonchev–Trinajstić information content (AvgIpc) is 2.84. The van der Waals surface area contributed by atoms with Gasteiger partial charge in [0.1, 0.15) is 11.6 Å². The SMILES string of the molecule is CCNCC1CCCN1c1ccc(OC)cn1. The first-order valence-electron chi connectivity index (χ1n) is 6.32. The van der Waals surface area contributed by atoms with E-state index < -0.39 is 0 Å². The number of hydrogen-bond acceptors (Lipinski definition) is 4. The molecule has 0 bridgehead atoms. The predicted molar refractivity (Wildman–Crippen MR) is 69.7 cm³/mol. The van der Waals surface area contributed by atoms with Crippen molar-refractivity contribution in [1.29, 1.82) is 0 Å². The highest BCUT2D eigenvalue weighted by atomic mass is 16.5. The second kappa shape index (κ2) is 5.87. The Morgan fingerprint density at radius 2 is 2.41 bits per heavy atom. The van der Waals surface area contributed by atoms with Crippen LogP contribution in [-0.2, 0) is 0 Å². The second-order valence-electron chi connectivity index (χ2n) is 4.35. The molecule has 1 fully saturated rings. The summed E-state index contributed by atoms with van der Waals surface area (Å²) in [7, 11) is 1.67. The summed E-state index contributed by atoms with van der Waals surface area (Å²) in [5.74, 6) is 1.88. The minimum absolute atomic E-state index is 0.579. The Labute approximate surface area is 103 Å². The average molecular weight is 235 g/mol. The van der Waals surface area contributed by atoms with E-state index in [0.29, 0.717) is 6.04 Å². The number of likely N-dealkylation sites (N-methyl/N-ethyl adjacent to an activating group) is 1. The Hall–Kier alpha value is -1.29. The zero-order chi connectivity index (χ0) is 12.1. The number of nitrogens with one attached hydrogen (secondary N) is 1. The van der Waals surface area contributed by atoms with Gasteiger partial charge in [-0.25, -0.2) is 4.98 Å². The molecular weight excluding hydrogens is 214 g/mol. The molecule has 2 rings (SSSR count). The molecule has 2 heterocycles. The van der Waals surface area contributed by atoms with Crippen molar-refractivity contribution in [2.75, 3.05) is 31.6 Å². The third-order valence-electron chi connectivity index (χ3n) is 3.26. The van der Waals surface area contributed by atoms with E-state index in [-0.39, 0.29) is 0 Å². The van der Waals surface area contributed by atoms with Crippen molar-refractivity contribution in [1.82, 2.24) is 10.3 Å². The summed E-state index contributed by atoms with van der Waals surface area (Å²) in [5, 5.41) is 3.42. The summed E-state index contributed by atoms with van der Waals surface area (Å²) < 4.78 is 5.13. The summed E-state index contributed by atoms with van der Waals surface area (Å²) in [4.78, 5) is 6.85. The van der Waals surface area contributed by atoms with Crippen LogP contribution in [0, 0.1) is 0 Å². The molecule has 0 saturated carbocycles. The fourth-order valence-corrected chi connectivity index (χ4v) is 2.32. The number of ether oxygens (including phenoxy) is 1. The molecule has 1 aliphatic rings. The van der Waals surface area contributed by atoms with Gasteiger partial charge in [-0.05, 0) is 31.5 Å². The largest absolute Gasteiger partial charge is 0.495 e. The summed E-state index contributed by atoms with van der Waals surface area (Å²) in [6.45, 7) is 5.32. The molecule has 0 aliphatic carbocycles. The number of hydrogen-bond donors (Lipinski definition) is 1. The molecule has 1 aromatic heterocycles. The van der Waals surface area contributed by atoms with Gasteiger partial charge in [0.05, 0.1) is 13.3 Å².